The van der Waals surface area contributed by atoms with Crippen LogP contribution in [0.2, 0.25) is 0 Å². The topological polar surface area (TPSA) is 29.5 Å². The molecule has 0 aromatic carbocycles. The molecule has 1 N–H and O–H groups in total. The van der Waals surface area contributed by atoms with Crippen LogP contribution in [-0.2, 0) is 4.74 Å². The van der Waals surface area contributed by atoms with Crippen molar-refractivity contribution in [2.45, 2.75) is 50.7 Å². The Hall–Kier alpha value is -0.0800. The van der Waals surface area contributed by atoms with Gasteiger partial charge >= 0.3 is 0 Å². The molecule has 0 amide bonds. The Morgan fingerprint density at radius 2 is 1.83 bits per heavy atom. The van der Waals surface area contributed by atoms with Gasteiger partial charge in [-0.1, -0.05) is 12.8 Å². The van der Waals surface area contributed by atoms with Gasteiger partial charge in [0.15, 0.2) is 0 Å². The highest BCUT2D eigenvalue weighted by atomic mass is 16.5. The molecular formula is C10H18O2. The van der Waals surface area contributed by atoms with Gasteiger partial charge in [-0.25, -0.2) is 0 Å². The minimum atomic E-state index is -0.171. The fourth-order valence-corrected chi connectivity index (χ4v) is 2.47. The van der Waals surface area contributed by atoms with Gasteiger partial charge in [0.05, 0.1) is 12.2 Å². The minimum Gasteiger partial charge on any atom is -0.390 e. The highest BCUT2D eigenvalue weighted by Crippen LogP contribution is 2.32. The van der Waals surface area contributed by atoms with Crippen LogP contribution < -0.4 is 0 Å². The second kappa shape index (κ2) is 3.75. The maximum absolute atomic E-state index is 9.92. The van der Waals surface area contributed by atoms with E-state index in [0.29, 0.717) is 5.92 Å². The standard InChI is InChI=1S/C10H18O2/c11-10(8-4-1-2-5-8)9-6-3-7-12-9/h8-11H,1-7H2. The Morgan fingerprint density at radius 3 is 2.42 bits per heavy atom. The van der Waals surface area contributed by atoms with E-state index in [1.165, 1.54) is 25.7 Å². The number of aliphatic hydroxyl groups excluding tert-OH is 1. The fourth-order valence-electron chi connectivity index (χ4n) is 2.47. The lowest BCUT2D eigenvalue weighted by Crippen LogP contribution is -2.31. The second-order valence-corrected chi connectivity index (χ2v) is 4.09. The summed E-state index contributed by atoms with van der Waals surface area (Å²) in [6, 6.07) is 0. The second-order valence-electron chi connectivity index (χ2n) is 4.09. The van der Waals surface area contributed by atoms with Gasteiger partial charge < -0.3 is 9.84 Å². The van der Waals surface area contributed by atoms with Crippen molar-refractivity contribution in [3.63, 3.8) is 0 Å². The zero-order chi connectivity index (χ0) is 8.39. The maximum Gasteiger partial charge on any atom is 0.0837 e. The molecule has 70 valence electrons. The van der Waals surface area contributed by atoms with Crippen molar-refractivity contribution >= 4 is 0 Å². The molecule has 2 heteroatoms. The third-order valence-corrected chi connectivity index (χ3v) is 3.23. The molecule has 2 atom stereocenters. The first-order valence-corrected chi connectivity index (χ1v) is 5.17. The van der Waals surface area contributed by atoms with E-state index in [1.807, 2.05) is 0 Å². The Labute approximate surface area is 73.9 Å². The van der Waals surface area contributed by atoms with Crippen LogP contribution in [0.4, 0.5) is 0 Å². The molecular weight excluding hydrogens is 152 g/mol. The monoisotopic (exact) mass is 170 g/mol. The van der Waals surface area contributed by atoms with Crippen LogP contribution in [-0.4, -0.2) is 23.9 Å². The Morgan fingerprint density at radius 1 is 1.08 bits per heavy atom. The van der Waals surface area contributed by atoms with Gasteiger partial charge in [-0.15, -0.1) is 0 Å². The molecule has 0 aromatic heterocycles. The molecule has 1 saturated carbocycles. The highest BCUT2D eigenvalue weighted by Gasteiger charge is 2.32. The van der Waals surface area contributed by atoms with Gasteiger partial charge in [-0.2, -0.15) is 0 Å². The Kier molecular flexibility index (Phi) is 2.66. The molecule has 0 radical (unpaired) electrons. The molecule has 2 unspecified atom stereocenters. The summed E-state index contributed by atoms with van der Waals surface area (Å²) in [5.74, 6) is 0.535. The van der Waals surface area contributed by atoms with Crippen molar-refractivity contribution in [1.82, 2.24) is 0 Å². The molecule has 2 nitrogen and oxygen atoms in total. The van der Waals surface area contributed by atoms with E-state index in [2.05, 4.69) is 0 Å². The van der Waals surface area contributed by atoms with Crippen LogP contribution in [0.3, 0.4) is 0 Å². The van der Waals surface area contributed by atoms with Gasteiger partial charge in [0, 0.05) is 6.61 Å². The third kappa shape index (κ3) is 1.64. The summed E-state index contributed by atoms with van der Waals surface area (Å²) in [6.45, 7) is 0.856. The summed E-state index contributed by atoms with van der Waals surface area (Å²) in [5.41, 5.74) is 0. The molecule has 1 aliphatic heterocycles. The van der Waals surface area contributed by atoms with Gasteiger partial charge in [-0.05, 0) is 31.6 Å². The lowest BCUT2D eigenvalue weighted by Gasteiger charge is -2.22. The SMILES string of the molecule is OC(C1CCCC1)C1CCCO1. The first-order valence-electron chi connectivity index (χ1n) is 5.17. The zero-order valence-electron chi connectivity index (χ0n) is 7.54. The molecule has 2 rings (SSSR count). The number of aliphatic hydroxyl groups is 1. The summed E-state index contributed by atoms with van der Waals surface area (Å²) in [5, 5.41) is 9.92. The molecule has 1 aliphatic carbocycles. The van der Waals surface area contributed by atoms with Crippen molar-refractivity contribution in [1.29, 1.82) is 0 Å². The van der Waals surface area contributed by atoms with Crippen molar-refractivity contribution in [3.8, 4) is 0 Å². The molecule has 12 heavy (non-hydrogen) atoms. The molecule has 1 saturated heterocycles. The summed E-state index contributed by atoms with van der Waals surface area (Å²) in [6.07, 6.45) is 7.21. The van der Waals surface area contributed by atoms with E-state index in [0.717, 1.165) is 19.4 Å². The van der Waals surface area contributed by atoms with Crippen molar-refractivity contribution in [2.24, 2.45) is 5.92 Å². The van der Waals surface area contributed by atoms with E-state index >= 15 is 0 Å². The number of rotatable bonds is 2. The van der Waals surface area contributed by atoms with Crippen molar-refractivity contribution in [3.05, 3.63) is 0 Å². The van der Waals surface area contributed by atoms with E-state index in [-0.39, 0.29) is 12.2 Å². The van der Waals surface area contributed by atoms with Gasteiger partial charge in [0.2, 0.25) is 0 Å². The Balaban J connectivity index is 1.84. The minimum absolute atomic E-state index is 0.160. The zero-order valence-corrected chi connectivity index (χ0v) is 7.54. The van der Waals surface area contributed by atoms with Gasteiger partial charge in [0.25, 0.3) is 0 Å². The number of hydrogen-bond acceptors (Lipinski definition) is 2. The van der Waals surface area contributed by atoms with Crippen LogP contribution in [0, 0.1) is 5.92 Å². The molecule has 0 spiro atoms. The average molecular weight is 170 g/mol. The Bertz CT molecular complexity index is 119. The molecule has 0 bridgehead atoms. The molecule has 2 aliphatic rings. The normalized spacial score (nSPS) is 34.2. The number of ether oxygens (including phenoxy) is 1. The lowest BCUT2D eigenvalue weighted by atomic mass is 9.95. The predicted molar refractivity (Wildman–Crippen MR) is 46.9 cm³/mol. The summed E-state index contributed by atoms with van der Waals surface area (Å²) < 4.78 is 5.48. The van der Waals surface area contributed by atoms with Crippen molar-refractivity contribution < 1.29 is 9.84 Å². The third-order valence-electron chi connectivity index (χ3n) is 3.23. The van der Waals surface area contributed by atoms with Crippen LogP contribution in [0.1, 0.15) is 38.5 Å². The van der Waals surface area contributed by atoms with Crippen LogP contribution in [0.5, 0.6) is 0 Å². The van der Waals surface area contributed by atoms with E-state index in [9.17, 15) is 5.11 Å². The molecule has 1 heterocycles. The smallest absolute Gasteiger partial charge is 0.0837 e. The van der Waals surface area contributed by atoms with E-state index < -0.39 is 0 Å². The van der Waals surface area contributed by atoms with Gasteiger partial charge in [0.1, 0.15) is 0 Å². The van der Waals surface area contributed by atoms with Crippen LogP contribution in [0.15, 0.2) is 0 Å². The first kappa shape index (κ1) is 8.52. The summed E-state index contributed by atoms with van der Waals surface area (Å²) in [4.78, 5) is 0. The maximum atomic E-state index is 9.92. The van der Waals surface area contributed by atoms with Crippen LogP contribution >= 0.6 is 0 Å². The quantitative estimate of drug-likeness (QED) is 0.683. The first-order chi connectivity index (χ1) is 5.88. The summed E-state index contributed by atoms with van der Waals surface area (Å²) >= 11 is 0. The molecule has 0 aromatic rings. The lowest BCUT2D eigenvalue weighted by molar-refractivity contribution is -0.0306. The molecule has 2 fully saturated rings. The fraction of sp³-hybridized carbons (Fsp3) is 1.00. The largest absolute Gasteiger partial charge is 0.390 e. The van der Waals surface area contributed by atoms with Gasteiger partial charge in [-0.3, -0.25) is 0 Å². The van der Waals surface area contributed by atoms with E-state index in [1.54, 1.807) is 0 Å². The van der Waals surface area contributed by atoms with E-state index in [4.69, 9.17) is 4.74 Å². The highest BCUT2D eigenvalue weighted by molar-refractivity contribution is 4.82. The predicted octanol–water partition coefficient (Wildman–Crippen LogP) is 1.72. The summed E-state index contributed by atoms with van der Waals surface area (Å²) in [7, 11) is 0. The van der Waals surface area contributed by atoms with Crippen molar-refractivity contribution in [2.75, 3.05) is 6.61 Å². The van der Waals surface area contributed by atoms with Crippen LogP contribution in [0.25, 0.3) is 0 Å². The number of hydrogen-bond donors (Lipinski definition) is 1. The average Bonchev–Trinajstić information content (AvgIpc) is 2.77.